The van der Waals surface area contributed by atoms with E-state index in [4.69, 9.17) is 44.3 Å². The van der Waals surface area contributed by atoms with Crippen molar-refractivity contribution in [3.05, 3.63) is 93.1 Å². The first kappa shape index (κ1) is 23.6. The topological polar surface area (TPSA) is 84.9 Å². The maximum Gasteiger partial charge on any atom is 0.343 e. The first-order chi connectivity index (χ1) is 16.3. The Morgan fingerprint density at radius 1 is 0.853 bits per heavy atom. The number of anilines is 2. The minimum atomic E-state index is -0.718. The summed E-state index contributed by atoms with van der Waals surface area (Å²) in [4.78, 5) is 38.9. The van der Waals surface area contributed by atoms with E-state index in [0.717, 1.165) is 4.90 Å². The van der Waals surface area contributed by atoms with E-state index >= 15 is 0 Å². The molecule has 0 radical (unpaired) electrons. The third-order valence-corrected chi connectivity index (χ3v) is 5.58. The summed E-state index contributed by atoms with van der Waals surface area (Å²) in [6.45, 7) is 0. The van der Waals surface area contributed by atoms with E-state index in [1.54, 1.807) is 36.4 Å². The molecule has 0 spiro atoms. The highest BCUT2D eigenvalue weighted by Gasteiger charge is 2.39. The van der Waals surface area contributed by atoms with Crippen LogP contribution in [0.15, 0.2) is 77.5 Å². The van der Waals surface area contributed by atoms with Gasteiger partial charge < -0.3 is 14.8 Å². The van der Waals surface area contributed by atoms with Crippen molar-refractivity contribution in [2.24, 2.45) is 0 Å². The van der Waals surface area contributed by atoms with E-state index in [2.05, 4.69) is 5.32 Å². The van der Waals surface area contributed by atoms with Crippen LogP contribution in [0.4, 0.5) is 11.4 Å². The molecular weight excluding hydrogens is 503 g/mol. The van der Waals surface area contributed by atoms with Crippen LogP contribution in [0.25, 0.3) is 0 Å². The van der Waals surface area contributed by atoms with Crippen molar-refractivity contribution in [2.45, 2.75) is 0 Å². The van der Waals surface area contributed by atoms with Gasteiger partial charge in [0.25, 0.3) is 11.8 Å². The highest BCUT2D eigenvalue weighted by atomic mass is 35.5. The summed E-state index contributed by atoms with van der Waals surface area (Å²) in [7, 11) is 1.48. The van der Waals surface area contributed by atoms with Crippen LogP contribution in [0.2, 0.25) is 10.0 Å². The molecule has 34 heavy (non-hydrogen) atoms. The Labute approximate surface area is 209 Å². The third kappa shape index (κ3) is 4.72. The minimum Gasteiger partial charge on any atom is -0.493 e. The van der Waals surface area contributed by atoms with Gasteiger partial charge in [-0.05, 0) is 54.6 Å². The molecule has 4 rings (SSSR count). The van der Waals surface area contributed by atoms with Gasteiger partial charge in [0, 0.05) is 15.7 Å². The molecule has 7 nitrogen and oxygen atoms in total. The number of hydrogen-bond donors (Lipinski definition) is 1. The average molecular weight is 518 g/mol. The summed E-state index contributed by atoms with van der Waals surface area (Å²) < 4.78 is 10.6. The van der Waals surface area contributed by atoms with Crippen LogP contribution in [0, 0.1) is 0 Å². The fourth-order valence-electron chi connectivity index (χ4n) is 3.21. The molecule has 0 aromatic heterocycles. The van der Waals surface area contributed by atoms with Gasteiger partial charge in [0.2, 0.25) is 0 Å². The van der Waals surface area contributed by atoms with Crippen LogP contribution in [0.3, 0.4) is 0 Å². The molecule has 2 amide bonds. The zero-order valence-corrected chi connectivity index (χ0v) is 19.7. The first-order valence-corrected chi connectivity index (χ1v) is 10.9. The zero-order chi connectivity index (χ0) is 24.4. The number of carbonyl (C=O) groups excluding carboxylic acids is 3. The van der Waals surface area contributed by atoms with Crippen molar-refractivity contribution in [1.29, 1.82) is 0 Å². The number of esters is 1. The Hall–Kier alpha value is -3.52. The van der Waals surface area contributed by atoms with Gasteiger partial charge >= 0.3 is 5.97 Å². The molecule has 0 atom stereocenters. The maximum atomic E-state index is 12.9. The molecule has 0 bridgehead atoms. The molecule has 3 aromatic rings. The monoisotopic (exact) mass is 516 g/mol. The predicted octanol–water partition coefficient (Wildman–Crippen LogP) is 5.66. The molecule has 3 aromatic carbocycles. The van der Waals surface area contributed by atoms with Crippen molar-refractivity contribution in [3.8, 4) is 11.5 Å². The average Bonchev–Trinajstić information content (AvgIpc) is 3.02. The number of hydrogen-bond acceptors (Lipinski definition) is 6. The number of nitrogens with zero attached hydrogens (tertiary/aromatic N) is 1. The van der Waals surface area contributed by atoms with Crippen LogP contribution in [0.5, 0.6) is 11.5 Å². The van der Waals surface area contributed by atoms with E-state index in [-0.39, 0.29) is 37.8 Å². The number of benzene rings is 3. The van der Waals surface area contributed by atoms with Gasteiger partial charge in [-0.2, -0.15) is 0 Å². The lowest BCUT2D eigenvalue weighted by molar-refractivity contribution is -0.120. The Morgan fingerprint density at radius 2 is 1.47 bits per heavy atom. The SMILES string of the molecule is COc1ccccc1OC(=O)c1ccc(NC2=C(Cl)C(=O)N(c3cc(Cl)cc(Cl)c3)C2=O)cc1. The fourth-order valence-corrected chi connectivity index (χ4v) is 3.94. The third-order valence-electron chi connectivity index (χ3n) is 4.79. The second-order valence-corrected chi connectivity index (χ2v) is 8.26. The smallest absolute Gasteiger partial charge is 0.343 e. The number of ether oxygens (including phenoxy) is 2. The normalized spacial score (nSPS) is 13.4. The second kappa shape index (κ2) is 9.77. The molecule has 0 fully saturated rings. The summed E-state index contributed by atoms with van der Waals surface area (Å²) in [5, 5.41) is 3.06. The van der Waals surface area contributed by atoms with Gasteiger partial charge in [0.05, 0.1) is 18.4 Å². The van der Waals surface area contributed by atoms with Crippen molar-refractivity contribution < 1.29 is 23.9 Å². The van der Waals surface area contributed by atoms with Crippen molar-refractivity contribution >= 4 is 64.0 Å². The molecule has 172 valence electrons. The van der Waals surface area contributed by atoms with Crippen molar-refractivity contribution in [3.63, 3.8) is 0 Å². The van der Waals surface area contributed by atoms with E-state index in [9.17, 15) is 14.4 Å². The lowest BCUT2D eigenvalue weighted by Gasteiger charge is -2.16. The first-order valence-electron chi connectivity index (χ1n) is 9.75. The second-order valence-electron chi connectivity index (χ2n) is 7.01. The lowest BCUT2D eigenvalue weighted by atomic mass is 10.2. The number of methoxy groups -OCH3 is 1. The number of para-hydroxylation sites is 2. The predicted molar refractivity (Wildman–Crippen MR) is 130 cm³/mol. The summed E-state index contributed by atoms with van der Waals surface area (Å²) in [6, 6.07) is 17.2. The van der Waals surface area contributed by atoms with Crippen LogP contribution >= 0.6 is 34.8 Å². The van der Waals surface area contributed by atoms with Gasteiger partial charge in [0.1, 0.15) is 10.7 Å². The zero-order valence-electron chi connectivity index (χ0n) is 17.5. The van der Waals surface area contributed by atoms with E-state index < -0.39 is 17.8 Å². The molecule has 0 saturated heterocycles. The van der Waals surface area contributed by atoms with Gasteiger partial charge in [0.15, 0.2) is 11.5 Å². The molecule has 0 saturated carbocycles. The van der Waals surface area contributed by atoms with Gasteiger partial charge in [-0.1, -0.05) is 46.9 Å². The number of carbonyl (C=O) groups is 3. The molecule has 10 heteroatoms. The summed E-state index contributed by atoms with van der Waals surface area (Å²) in [6.07, 6.45) is 0. The van der Waals surface area contributed by atoms with Crippen LogP contribution in [0.1, 0.15) is 10.4 Å². The van der Waals surface area contributed by atoms with E-state index in [0.29, 0.717) is 11.4 Å². The largest absolute Gasteiger partial charge is 0.493 e. The van der Waals surface area contributed by atoms with Crippen molar-refractivity contribution in [1.82, 2.24) is 0 Å². The highest BCUT2D eigenvalue weighted by molar-refractivity contribution is 6.53. The molecule has 1 heterocycles. The van der Waals surface area contributed by atoms with E-state index in [1.807, 2.05) is 0 Å². The molecule has 0 aliphatic carbocycles. The summed E-state index contributed by atoms with van der Waals surface area (Å²) in [5.41, 5.74) is 0.763. The number of imide groups is 1. The Bertz CT molecular complexity index is 1320. The molecule has 1 aliphatic rings. The van der Waals surface area contributed by atoms with Gasteiger partial charge in [-0.3, -0.25) is 9.59 Å². The standard InChI is InChI=1S/C24H15Cl3N2O5/c1-33-18-4-2-3-5-19(18)34-24(32)13-6-8-16(9-7-13)28-21-20(27)22(30)29(23(21)31)17-11-14(25)10-15(26)12-17/h2-12,28H,1H3. The Balaban J connectivity index is 1.50. The van der Waals surface area contributed by atoms with Gasteiger partial charge in [-0.15, -0.1) is 0 Å². The van der Waals surface area contributed by atoms with Crippen LogP contribution < -0.4 is 19.7 Å². The molecular formula is C24H15Cl3N2O5. The molecule has 0 unspecified atom stereocenters. The molecule has 1 N–H and O–H groups in total. The van der Waals surface area contributed by atoms with Gasteiger partial charge in [-0.25, -0.2) is 9.69 Å². The number of amides is 2. The Morgan fingerprint density at radius 3 is 2.09 bits per heavy atom. The van der Waals surface area contributed by atoms with Crippen LogP contribution in [-0.2, 0) is 9.59 Å². The summed E-state index contributed by atoms with van der Waals surface area (Å²) in [5.74, 6) is -1.28. The molecule has 1 aliphatic heterocycles. The number of rotatable bonds is 6. The van der Waals surface area contributed by atoms with Crippen LogP contribution in [-0.4, -0.2) is 24.9 Å². The van der Waals surface area contributed by atoms with Crippen molar-refractivity contribution in [2.75, 3.05) is 17.3 Å². The van der Waals surface area contributed by atoms with E-state index in [1.165, 1.54) is 37.4 Å². The summed E-state index contributed by atoms with van der Waals surface area (Å²) >= 11 is 18.1. The number of nitrogens with one attached hydrogen (secondary N) is 1. The quantitative estimate of drug-likeness (QED) is 0.258. The maximum absolute atomic E-state index is 12.9. The minimum absolute atomic E-state index is 0.118. The highest BCUT2D eigenvalue weighted by Crippen LogP contribution is 2.33. The Kier molecular flexibility index (Phi) is 6.79. The lowest BCUT2D eigenvalue weighted by Crippen LogP contribution is -2.32. The number of halogens is 3. The fraction of sp³-hybridized carbons (Fsp3) is 0.0417.